The highest BCUT2D eigenvalue weighted by Gasteiger charge is 2.23. The quantitative estimate of drug-likeness (QED) is 0.447. The molecule has 1 aliphatic carbocycles. The second-order valence-corrected chi connectivity index (χ2v) is 4.82. The maximum atomic E-state index is 5.77. The Labute approximate surface area is 107 Å². The molecule has 4 heteroatoms. The van der Waals surface area contributed by atoms with E-state index in [0.29, 0.717) is 12.0 Å². The predicted octanol–water partition coefficient (Wildman–Crippen LogP) is 2.75. The van der Waals surface area contributed by atoms with E-state index in [4.69, 9.17) is 22.2 Å². The summed E-state index contributed by atoms with van der Waals surface area (Å²) in [5.41, 5.74) is 4.00. The van der Waals surface area contributed by atoms with Crippen molar-refractivity contribution in [3.63, 3.8) is 0 Å². The highest BCUT2D eigenvalue weighted by molar-refractivity contribution is 6.17. The minimum absolute atomic E-state index is 0.150. The van der Waals surface area contributed by atoms with Crippen molar-refractivity contribution in [3.8, 4) is 5.75 Å². The van der Waals surface area contributed by atoms with Crippen LogP contribution in [0, 0.1) is 0 Å². The Bertz CT molecular complexity index is 355. The summed E-state index contributed by atoms with van der Waals surface area (Å²) >= 11 is 5.71. The molecule has 0 amide bonds. The molecule has 1 aromatic rings. The molecule has 1 atom stereocenters. The molecule has 0 radical (unpaired) electrons. The van der Waals surface area contributed by atoms with E-state index >= 15 is 0 Å². The lowest BCUT2D eigenvalue weighted by Crippen LogP contribution is -2.28. The maximum Gasteiger partial charge on any atom is 0.120 e. The third-order valence-electron chi connectivity index (χ3n) is 2.92. The number of hydrogen-bond acceptors (Lipinski definition) is 3. The van der Waals surface area contributed by atoms with E-state index in [2.05, 4.69) is 17.6 Å². The number of halogens is 1. The van der Waals surface area contributed by atoms with Crippen LogP contribution >= 0.6 is 11.6 Å². The van der Waals surface area contributed by atoms with Gasteiger partial charge in [0, 0.05) is 11.9 Å². The van der Waals surface area contributed by atoms with Crippen molar-refractivity contribution in [2.45, 2.75) is 37.8 Å². The van der Waals surface area contributed by atoms with Gasteiger partial charge in [-0.15, -0.1) is 11.6 Å². The Morgan fingerprint density at radius 1 is 1.47 bits per heavy atom. The third kappa shape index (κ3) is 3.87. The summed E-state index contributed by atoms with van der Waals surface area (Å²) in [5, 5.41) is 0. The molecular formula is C13H19ClN2O. The van der Waals surface area contributed by atoms with Crippen molar-refractivity contribution in [2.24, 2.45) is 5.84 Å². The number of nitrogens with two attached hydrogens (primary N) is 1. The molecule has 1 aromatic carbocycles. The van der Waals surface area contributed by atoms with E-state index in [0.717, 1.165) is 24.2 Å². The van der Waals surface area contributed by atoms with Gasteiger partial charge >= 0.3 is 0 Å². The number of rotatable bonds is 7. The zero-order valence-electron chi connectivity index (χ0n) is 9.86. The number of hydrazine groups is 1. The first-order chi connectivity index (χ1) is 8.33. The van der Waals surface area contributed by atoms with Crippen LogP contribution in [0.1, 0.15) is 37.3 Å². The van der Waals surface area contributed by atoms with Gasteiger partial charge in [-0.1, -0.05) is 12.1 Å². The lowest BCUT2D eigenvalue weighted by Gasteiger charge is -2.16. The SMILES string of the molecule is NNC(CCCCl)c1cccc(OC2CC2)c1. The fraction of sp³-hybridized carbons (Fsp3) is 0.538. The lowest BCUT2D eigenvalue weighted by atomic mass is 10.0. The van der Waals surface area contributed by atoms with Crippen molar-refractivity contribution >= 4 is 11.6 Å². The van der Waals surface area contributed by atoms with Gasteiger partial charge in [-0.05, 0) is 43.4 Å². The Morgan fingerprint density at radius 3 is 2.94 bits per heavy atom. The predicted molar refractivity (Wildman–Crippen MR) is 70.1 cm³/mol. The molecule has 0 bridgehead atoms. The zero-order valence-corrected chi connectivity index (χ0v) is 10.6. The summed E-state index contributed by atoms with van der Waals surface area (Å²) in [6.07, 6.45) is 4.67. The van der Waals surface area contributed by atoms with Gasteiger partial charge in [0.1, 0.15) is 5.75 Å². The van der Waals surface area contributed by atoms with Crippen molar-refractivity contribution in [1.29, 1.82) is 0 Å². The normalized spacial score (nSPS) is 16.8. The summed E-state index contributed by atoms with van der Waals surface area (Å²) in [4.78, 5) is 0. The number of hydrogen-bond donors (Lipinski definition) is 2. The zero-order chi connectivity index (χ0) is 12.1. The molecule has 0 saturated heterocycles. The summed E-state index contributed by atoms with van der Waals surface area (Å²) in [6.45, 7) is 0. The van der Waals surface area contributed by atoms with Gasteiger partial charge in [0.2, 0.25) is 0 Å². The fourth-order valence-corrected chi connectivity index (χ4v) is 1.96. The van der Waals surface area contributed by atoms with Gasteiger partial charge in [-0.3, -0.25) is 11.3 Å². The van der Waals surface area contributed by atoms with Crippen molar-refractivity contribution < 1.29 is 4.74 Å². The van der Waals surface area contributed by atoms with Crippen molar-refractivity contribution in [2.75, 3.05) is 5.88 Å². The van der Waals surface area contributed by atoms with E-state index in [1.54, 1.807) is 0 Å². The second kappa shape index (κ2) is 6.24. The monoisotopic (exact) mass is 254 g/mol. The minimum atomic E-state index is 0.150. The van der Waals surface area contributed by atoms with Crippen molar-refractivity contribution in [3.05, 3.63) is 29.8 Å². The molecule has 2 rings (SSSR count). The van der Waals surface area contributed by atoms with Crippen LogP contribution < -0.4 is 16.0 Å². The molecule has 17 heavy (non-hydrogen) atoms. The van der Waals surface area contributed by atoms with E-state index in [1.807, 2.05) is 12.1 Å². The van der Waals surface area contributed by atoms with Crippen LogP contribution in [0.15, 0.2) is 24.3 Å². The molecule has 3 nitrogen and oxygen atoms in total. The lowest BCUT2D eigenvalue weighted by molar-refractivity contribution is 0.302. The second-order valence-electron chi connectivity index (χ2n) is 4.44. The van der Waals surface area contributed by atoms with Gasteiger partial charge < -0.3 is 4.74 Å². The average molecular weight is 255 g/mol. The largest absolute Gasteiger partial charge is 0.490 e. The molecule has 0 aromatic heterocycles. The third-order valence-corrected chi connectivity index (χ3v) is 3.18. The Hall–Kier alpha value is -0.770. The molecule has 0 spiro atoms. The molecule has 0 heterocycles. The summed E-state index contributed by atoms with van der Waals surface area (Å²) < 4.78 is 5.77. The first kappa shape index (κ1) is 12.7. The average Bonchev–Trinajstić information content (AvgIpc) is 3.15. The minimum Gasteiger partial charge on any atom is -0.490 e. The summed E-state index contributed by atoms with van der Waals surface area (Å²) in [5.74, 6) is 7.18. The van der Waals surface area contributed by atoms with Gasteiger partial charge in [0.25, 0.3) is 0 Å². The van der Waals surface area contributed by atoms with Crippen LogP contribution in [0.3, 0.4) is 0 Å². The number of nitrogens with one attached hydrogen (secondary N) is 1. The van der Waals surface area contributed by atoms with Crippen LogP contribution in [0.2, 0.25) is 0 Å². The number of alkyl halides is 1. The molecule has 1 saturated carbocycles. The van der Waals surface area contributed by atoms with E-state index in [1.165, 1.54) is 12.8 Å². The molecule has 3 N–H and O–H groups in total. The molecule has 1 fully saturated rings. The number of ether oxygens (including phenoxy) is 1. The van der Waals surface area contributed by atoms with Crippen LogP contribution in [0.5, 0.6) is 5.75 Å². The standard InChI is InChI=1S/C13H19ClN2O/c14-8-2-5-13(16-15)10-3-1-4-12(9-10)17-11-6-7-11/h1,3-4,9,11,13,16H,2,5-8,15H2. The van der Waals surface area contributed by atoms with E-state index in [-0.39, 0.29) is 6.04 Å². The van der Waals surface area contributed by atoms with E-state index < -0.39 is 0 Å². The van der Waals surface area contributed by atoms with Crippen LogP contribution in [0.25, 0.3) is 0 Å². The molecule has 1 unspecified atom stereocenters. The highest BCUT2D eigenvalue weighted by Crippen LogP contribution is 2.29. The van der Waals surface area contributed by atoms with Gasteiger partial charge in [0.15, 0.2) is 0 Å². The molecule has 1 aliphatic rings. The molecule has 0 aliphatic heterocycles. The van der Waals surface area contributed by atoms with Gasteiger partial charge in [0.05, 0.1) is 6.10 Å². The maximum absolute atomic E-state index is 5.77. The Kier molecular flexibility index (Phi) is 4.66. The summed E-state index contributed by atoms with van der Waals surface area (Å²) in [6, 6.07) is 8.29. The smallest absolute Gasteiger partial charge is 0.120 e. The highest BCUT2D eigenvalue weighted by atomic mass is 35.5. The van der Waals surface area contributed by atoms with E-state index in [9.17, 15) is 0 Å². The number of benzene rings is 1. The summed E-state index contributed by atoms with van der Waals surface area (Å²) in [7, 11) is 0. The first-order valence-corrected chi connectivity index (χ1v) is 6.65. The van der Waals surface area contributed by atoms with Crippen LogP contribution in [0.4, 0.5) is 0 Å². The Morgan fingerprint density at radius 2 is 2.29 bits per heavy atom. The fourth-order valence-electron chi connectivity index (χ4n) is 1.81. The first-order valence-electron chi connectivity index (χ1n) is 6.12. The van der Waals surface area contributed by atoms with Gasteiger partial charge in [-0.2, -0.15) is 0 Å². The van der Waals surface area contributed by atoms with Crippen LogP contribution in [-0.2, 0) is 0 Å². The van der Waals surface area contributed by atoms with Crippen molar-refractivity contribution in [1.82, 2.24) is 5.43 Å². The Balaban J connectivity index is 2.01. The molecule has 94 valence electrons. The van der Waals surface area contributed by atoms with Crippen LogP contribution in [-0.4, -0.2) is 12.0 Å². The topological polar surface area (TPSA) is 47.3 Å². The van der Waals surface area contributed by atoms with Gasteiger partial charge in [-0.25, -0.2) is 0 Å². The molecular weight excluding hydrogens is 236 g/mol.